The third kappa shape index (κ3) is 2.56. The number of ether oxygens (including phenoxy) is 2. The predicted molar refractivity (Wildman–Crippen MR) is 109 cm³/mol. The van der Waals surface area contributed by atoms with Crippen LogP contribution in [0.1, 0.15) is 31.7 Å². The topological polar surface area (TPSA) is 109 Å². The molecule has 1 spiro atoms. The number of carboxylic acids is 1. The lowest BCUT2D eigenvalue weighted by atomic mass is 9.52. The maximum atomic E-state index is 12.8. The minimum absolute atomic E-state index is 0.0611. The van der Waals surface area contributed by atoms with Gasteiger partial charge in [0.2, 0.25) is 0 Å². The van der Waals surface area contributed by atoms with E-state index in [0.717, 1.165) is 5.56 Å². The van der Waals surface area contributed by atoms with E-state index in [9.17, 15) is 19.8 Å². The van der Waals surface area contributed by atoms with Gasteiger partial charge >= 0.3 is 11.9 Å². The molecule has 1 aromatic rings. The minimum atomic E-state index is -1.16. The average Bonchev–Trinajstić information content (AvgIpc) is 3.29. The van der Waals surface area contributed by atoms with Gasteiger partial charge in [-0.2, -0.15) is 0 Å². The molecule has 3 aliphatic rings. The molecule has 0 amide bonds. The van der Waals surface area contributed by atoms with Crippen LogP contribution in [0.2, 0.25) is 0 Å². The minimum Gasteiger partial charge on any atom is -0.497 e. The summed E-state index contributed by atoms with van der Waals surface area (Å²) in [6.45, 7) is 2.80. The summed E-state index contributed by atoms with van der Waals surface area (Å²) in [7, 11) is 2.91. The largest absolute Gasteiger partial charge is 0.497 e. The highest BCUT2D eigenvalue weighted by atomic mass is 16.5. The van der Waals surface area contributed by atoms with Crippen LogP contribution in [0.25, 0.3) is 0 Å². The number of nitrogens with zero attached hydrogens (tertiary/aromatic N) is 2. The monoisotopic (exact) mass is 416 g/mol. The fourth-order valence-electron chi connectivity index (χ4n) is 6.11. The van der Waals surface area contributed by atoms with Gasteiger partial charge in [0, 0.05) is 24.4 Å². The van der Waals surface area contributed by atoms with Gasteiger partial charge < -0.3 is 19.7 Å². The molecule has 4 rings (SSSR count). The van der Waals surface area contributed by atoms with Crippen LogP contribution < -0.4 is 4.74 Å². The zero-order valence-corrected chi connectivity index (χ0v) is 17.6. The number of aliphatic imine (C=N–C) groups is 1. The predicted octanol–water partition coefficient (Wildman–Crippen LogP) is 1.76. The van der Waals surface area contributed by atoms with Crippen molar-refractivity contribution in [3.63, 3.8) is 0 Å². The average molecular weight is 416 g/mol. The maximum absolute atomic E-state index is 12.8. The number of carbonyl (C=O) groups is 2. The summed E-state index contributed by atoms with van der Waals surface area (Å²) in [4.78, 5) is 32.5. The number of carboxylic acid groups (broad SMARTS) is 1. The van der Waals surface area contributed by atoms with Gasteiger partial charge in [0.1, 0.15) is 5.75 Å². The number of hydrogen-bond acceptors (Lipinski definition) is 7. The molecule has 2 heterocycles. The fourth-order valence-corrected chi connectivity index (χ4v) is 6.11. The van der Waals surface area contributed by atoms with Crippen molar-refractivity contribution in [3.05, 3.63) is 23.8 Å². The number of hydrogen-bond donors (Lipinski definition) is 2. The van der Waals surface area contributed by atoms with Crippen LogP contribution in [-0.2, 0) is 19.7 Å². The van der Waals surface area contributed by atoms with Gasteiger partial charge in [0.05, 0.1) is 43.3 Å². The smallest absolute Gasteiger partial charge is 0.314 e. The van der Waals surface area contributed by atoms with Gasteiger partial charge in [0.15, 0.2) is 0 Å². The van der Waals surface area contributed by atoms with Crippen LogP contribution in [0.15, 0.2) is 23.2 Å². The van der Waals surface area contributed by atoms with Gasteiger partial charge in [-0.05, 0) is 37.4 Å². The Bertz CT molecular complexity index is 915. The van der Waals surface area contributed by atoms with Crippen LogP contribution >= 0.6 is 0 Å². The highest BCUT2D eigenvalue weighted by Crippen LogP contribution is 2.62. The Morgan fingerprint density at radius 2 is 2.10 bits per heavy atom. The molecule has 1 saturated heterocycles. The standard InChI is InChI=1S/C22H28N2O6/c1-4-21(20(27)28)12-14(18(26)30-3)17-22(7-8-24(9-10-25)19(21)22)15-6-5-13(29-2)11-16(15)23-17/h5-6,11,14,19,25H,4,7-10,12H2,1-3H3,(H,27,28)/t14-,19+,21+,22+/m1/s1. The molecule has 162 valence electrons. The van der Waals surface area contributed by atoms with E-state index < -0.39 is 34.7 Å². The normalized spacial score (nSPS) is 32.1. The summed E-state index contributed by atoms with van der Waals surface area (Å²) in [5, 5.41) is 20.1. The fraction of sp³-hybridized carbons (Fsp3) is 0.591. The van der Waals surface area contributed by atoms with E-state index in [1.807, 2.05) is 25.1 Å². The lowest BCUT2D eigenvalue weighted by molar-refractivity contribution is -0.159. The zero-order chi connectivity index (χ0) is 21.7. The number of aliphatic hydroxyl groups excluding tert-OH is 1. The van der Waals surface area contributed by atoms with E-state index in [0.29, 0.717) is 43.1 Å². The first-order valence-corrected chi connectivity index (χ1v) is 10.3. The summed E-state index contributed by atoms with van der Waals surface area (Å²) in [5.74, 6) is -1.44. The highest BCUT2D eigenvalue weighted by Gasteiger charge is 2.69. The molecule has 2 N–H and O–H groups in total. The number of carbonyl (C=O) groups excluding carboxylic acids is 1. The lowest BCUT2D eigenvalue weighted by Gasteiger charge is -2.52. The van der Waals surface area contributed by atoms with E-state index in [-0.39, 0.29) is 13.0 Å². The molecule has 0 unspecified atom stereocenters. The molecule has 30 heavy (non-hydrogen) atoms. The zero-order valence-electron chi connectivity index (χ0n) is 17.6. The highest BCUT2D eigenvalue weighted by molar-refractivity contribution is 6.14. The Hall–Kier alpha value is -2.45. The third-order valence-electron chi connectivity index (χ3n) is 7.36. The van der Waals surface area contributed by atoms with Crippen molar-refractivity contribution in [2.24, 2.45) is 16.3 Å². The summed E-state index contributed by atoms with van der Waals surface area (Å²) in [6.07, 6.45) is 1.13. The number of likely N-dealkylation sites (tertiary alicyclic amines) is 1. The van der Waals surface area contributed by atoms with Crippen LogP contribution in [0.4, 0.5) is 5.69 Å². The van der Waals surface area contributed by atoms with Crippen molar-refractivity contribution in [3.8, 4) is 5.75 Å². The van der Waals surface area contributed by atoms with Crippen molar-refractivity contribution < 1.29 is 29.3 Å². The first-order chi connectivity index (χ1) is 14.4. The molecular formula is C22H28N2O6. The second-order valence-corrected chi connectivity index (χ2v) is 8.36. The molecule has 8 heteroatoms. The lowest BCUT2D eigenvalue weighted by Crippen LogP contribution is -2.65. The Kier molecular flexibility index (Phi) is 5.10. The van der Waals surface area contributed by atoms with Gasteiger partial charge in [-0.1, -0.05) is 13.0 Å². The number of aliphatic carboxylic acids is 1. The van der Waals surface area contributed by atoms with E-state index in [1.54, 1.807) is 7.11 Å². The molecule has 2 fully saturated rings. The number of rotatable bonds is 6. The molecule has 1 aromatic carbocycles. The van der Waals surface area contributed by atoms with Crippen LogP contribution in [0, 0.1) is 11.3 Å². The second-order valence-electron chi connectivity index (χ2n) is 8.36. The van der Waals surface area contributed by atoms with E-state index in [4.69, 9.17) is 14.5 Å². The van der Waals surface area contributed by atoms with Crippen molar-refractivity contribution in [1.82, 2.24) is 4.90 Å². The summed E-state index contributed by atoms with van der Waals surface area (Å²) in [5.41, 5.74) is 0.462. The van der Waals surface area contributed by atoms with Gasteiger partial charge in [-0.3, -0.25) is 19.5 Å². The first kappa shape index (κ1) is 20.8. The van der Waals surface area contributed by atoms with Gasteiger partial charge in [0.25, 0.3) is 0 Å². The number of esters is 1. The van der Waals surface area contributed by atoms with Gasteiger partial charge in [-0.15, -0.1) is 0 Å². The number of fused-ring (bicyclic) bond motifs is 1. The van der Waals surface area contributed by atoms with Crippen LogP contribution in [0.3, 0.4) is 0 Å². The molecule has 0 aromatic heterocycles. The number of aliphatic hydroxyl groups is 1. The van der Waals surface area contributed by atoms with Crippen LogP contribution in [0.5, 0.6) is 5.75 Å². The number of β-amino-alcohol motifs (C(OH)–C–C–N with tert-alkyl or cyclic N) is 1. The SMILES string of the molecule is CC[C@]1(C(=O)O)C[C@@H](C(=O)OC)C2=Nc3cc(OC)ccc3[C@@]23CCN(CCO)[C@@H]13. The van der Waals surface area contributed by atoms with Crippen molar-refractivity contribution in [2.75, 3.05) is 33.9 Å². The number of benzene rings is 1. The van der Waals surface area contributed by atoms with Gasteiger partial charge in [-0.25, -0.2) is 0 Å². The van der Waals surface area contributed by atoms with Crippen molar-refractivity contribution in [1.29, 1.82) is 0 Å². The third-order valence-corrected chi connectivity index (χ3v) is 7.36. The van der Waals surface area contributed by atoms with Crippen molar-refractivity contribution >= 4 is 23.3 Å². The molecule has 1 aliphatic carbocycles. The summed E-state index contributed by atoms with van der Waals surface area (Å²) < 4.78 is 10.4. The first-order valence-electron chi connectivity index (χ1n) is 10.3. The summed E-state index contributed by atoms with van der Waals surface area (Å²) >= 11 is 0. The molecule has 0 radical (unpaired) electrons. The Balaban J connectivity index is 1.99. The molecule has 0 bridgehead atoms. The second kappa shape index (κ2) is 7.35. The Morgan fingerprint density at radius 1 is 1.33 bits per heavy atom. The molecule has 2 aliphatic heterocycles. The van der Waals surface area contributed by atoms with E-state index in [1.165, 1.54) is 7.11 Å². The Labute approximate surface area is 175 Å². The van der Waals surface area contributed by atoms with E-state index >= 15 is 0 Å². The van der Waals surface area contributed by atoms with Crippen LogP contribution in [-0.4, -0.2) is 72.7 Å². The van der Waals surface area contributed by atoms with Crippen molar-refractivity contribution in [2.45, 2.75) is 37.6 Å². The molecule has 1 saturated carbocycles. The maximum Gasteiger partial charge on any atom is 0.314 e. The molecule has 4 atom stereocenters. The Morgan fingerprint density at radius 3 is 2.70 bits per heavy atom. The molecular weight excluding hydrogens is 388 g/mol. The quantitative estimate of drug-likeness (QED) is 0.680. The van der Waals surface area contributed by atoms with E-state index in [2.05, 4.69) is 4.90 Å². The summed E-state index contributed by atoms with van der Waals surface area (Å²) in [6, 6.07) is 5.23. The molecule has 8 nitrogen and oxygen atoms in total. The number of methoxy groups -OCH3 is 2.